The molecule has 0 spiro atoms. The average Bonchev–Trinajstić information content (AvgIpc) is 2.97. The summed E-state index contributed by atoms with van der Waals surface area (Å²) in [7, 11) is 0. The van der Waals surface area contributed by atoms with E-state index in [-0.39, 0.29) is 11.9 Å². The van der Waals surface area contributed by atoms with E-state index in [1.165, 1.54) is 12.8 Å². The Bertz CT molecular complexity index is 379. The summed E-state index contributed by atoms with van der Waals surface area (Å²) in [6.45, 7) is 9.95. The Labute approximate surface area is 131 Å². The molecule has 1 amide bonds. The third-order valence-electron chi connectivity index (χ3n) is 4.29. The summed E-state index contributed by atoms with van der Waals surface area (Å²) < 4.78 is 5.29. The van der Waals surface area contributed by atoms with Gasteiger partial charge in [-0.1, -0.05) is 38.5 Å². The molecule has 2 rings (SSSR count). The first kappa shape index (κ1) is 16.6. The smallest absolute Gasteiger partial charge is 0.244 e. The highest BCUT2D eigenvalue weighted by Gasteiger charge is 2.29. The Morgan fingerprint density at radius 3 is 2.71 bits per heavy atom. The van der Waals surface area contributed by atoms with Crippen LogP contribution in [0.1, 0.15) is 33.6 Å². The Hall–Kier alpha value is -0.750. The lowest BCUT2D eigenvalue weighted by molar-refractivity contribution is -0.136. The van der Waals surface area contributed by atoms with Crippen LogP contribution >= 0.6 is 11.8 Å². The first-order valence-electron chi connectivity index (χ1n) is 7.99. The second-order valence-electron chi connectivity index (χ2n) is 5.68. The number of nitrogens with zero attached hydrogens (tertiary/aromatic N) is 2. The Morgan fingerprint density at radius 2 is 2.10 bits per heavy atom. The molecule has 120 valence electrons. The van der Waals surface area contributed by atoms with E-state index in [0.717, 1.165) is 11.7 Å². The Balaban J connectivity index is 1.80. The Morgan fingerprint density at radius 1 is 1.43 bits per heavy atom. The van der Waals surface area contributed by atoms with Crippen molar-refractivity contribution in [2.45, 2.75) is 44.9 Å². The fraction of sp³-hybridized carbons (Fsp3) is 0.867. The van der Waals surface area contributed by atoms with Crippen molar-refractivity contribution in [2.75, 3.05) is 32.8 Å². The first-order chi connectivity index (χ1) is 10.2. The van der Waals surface area contributed by atoms with Crippen molar-refractivity contribution in [2.24, 2.45) is 10.9 Å². The number of rotatable bonds is 5. The number of aliphatic imine (C=N–C) groups is 1. The molecule has 0 aromatic rings. The van der Waals surface area contributed by atoms with Crippen LogP contribution in [0.3, 0.4) is 0 Å². The van der Waals surface area contributed by atoms with Crippen LogP contribution < -0.4 is 5.32 Å². The number of carbonyl (C=O) groups is 1. The van der Waals surface area contributed by atoms with Crippen molar-refractivity contribution in [1.82, 2.24) is 10.2 Å². The van der Waals surface area contributed by atoms with Crippen LogP contribution in [-0.4, -0.2) is 60.1 Å². The van der Waals surface area contributed by atoms with E-state index in [0.29, 0.717) is 37.5 Å². The monoisotopic (exact) mass is 313 g/mol. The maximum atomic E-state index is 12.4. The van der Waals surface area contributed by atoms with Crippen LogP contribution in [0.2, 0.25) is 0 Å². The molecule has 1 N–H and O–H groups in total. The van der Waals surface area contributed by atoms with Crippen LogP contribution in [0.5, 0.6) is 0 Å². The number of nitrogens with one attached hydrogen (secondary N) is 1. The van der Waals surface area contributed by atoms with Gasteiger partial charge in [0.1, 0.15) is 6.04 Å². The number of amidine groups is 1. The number of hydrogen-bond acceptors (Lipinski definition) is 5. The van der Waals surface area contributed by atoms with E-state index >= 15 is 0 Å². The number of thioether (sulfide) groups is 1. The molecule has 2 heterocycles. The average molecular weight is 313 g/mol. The normalized spacial score (nSPS) is 24.1. The van der Waals surface area contributed by atoms with E-state index < -0.39 is 0 Å². The lowest BCUT2D eigenvalue weighted by atomic mass is 9.99. The summed E-state index contributed by atoms with van der Waals surface area (Å²) in [5, 5.41) is 4.78. The van der Waals surface area contributed by atoms with Gasteiger partial charge in [-0.2, -0.15) is 0 Å². The molecule has 6 heteroatoms. The molecule has 0 aromatic heterocycles. The molecule has 2 unspecified atom stereocenters. The standard InChI is InChI=1S/C15H27N3O2S/c1-4-12(5-2)13-10-16-15(21-13)17-11(3)14(19)18-6-8-20-9-7-18/h11-13H,4-10H2,1-3H3,(H,16,17). The van der Waals surface area contributed by atoms with Crippen LogP contribution in [0.15, 0.2) is 4.99 Å². The fourth-order valence-corrected chi connectivity index (χ4v) is 4.24. The van der Waals surface area contributed by atoms with Crippen molar-refractivity contribution in [3.8, 4) is 0 Å². The molecule has 1 fully saturated rings. The summed E-state index contributed by atoms with van der Waals surface area (Å²) in [5.74, 6) is 0.857. The van der Waals surface area contributed by atoms with Gasteiger partial charge in [0.05, 0.1) is 19.8 Å². The molecular weight excluding hydrogens is 286 g/mol. The van der Waals surface area contributed by atoms with E-state index in [2.05, 4.69) is 24.2 Å². The van der Waals surface area contributed by atoms with Crippen LogP contribution in [0.25, 0.3) is 0 Å². The lowest BCUT2D eigenvalue weighted by Crippen LogP contribution is -2.50. The molecule has 0 radical (unpaired) electrons. The zero-order chi connectivity index (χ0) is 15.2. The molecular formula is C15H27N3O2S. The van der Waals surface area contributed by atoms with E-state index in [9.17, 15) is 4.79 Å². The van der Waals surface area contributed by atoms with E-state index in [1.54, 1.807) is 11.8 Å². The van der Waals surface area contributed by atoms with Gasteiger partial charge in [-0.25, -0.2) is 0 Å². The lowest BCUT2D eigenvalue weighted by Gasteiger charge is -2.29. The molecule has 0 aromatic carbocycles. The minimum atomic E-state index is -0.213. The molecule has 1 saturated heterocycles. The predicted octanol–water partition coefficient (Wildman–Crippen LogP) is 1.73. The highest BCUT2D eigenvalue weighted by Crippen LogP contribution is 2.30. The van der Waals surface area contributed by atoms with Gasteiger partial charge in [0.2, 0.25) is 5.91 Å². The number of carbonyl (C=O) groups excluding carboxylic acids is 1. The van der Waals surface area contributed by atoms with Crippen molar-refractivity contribution in [3.63, 3.8) is 0 Å². The predicted molar refractivity (Wildman–Crippen MR) is 87.7 cm³/mol. The molecule has 0 bridgehead atoms. The molecule has 2 aliphatic heterocycles. The van der Waals surface area contributed by atoms with Crippen molar-refractivity contribution >= 4 is 22.8 Å². The zero-order valence-electron chi connectivity index (χ0n) is 13.3. The second kappa shape index (κ2) is 8.03. The van der Waals surface area contributed by atoms with Gasteiger partial charge >= 0.3 is 0 Å². The van der Waals surface area contributed by atoms with E-state index in [4.69, 9.17) is 4.74 Å². The van der Waals surface area contributed by atoms with Gasteiger partial charge in [0, 0.05) is 18.3 Å². The summed E-state index contributed by atoms with van der Waals surface area (Å²) in [6.07, 6.45) is 2.39. The van der Waals surface area contributed by atoms with Gasteiger partial charge in [0.15, 0.2) is 5.17 Å². The largest absolute Gasteiger partial charge is 0.378 e. The van der Waals surface area contributed by atoms with Gasteiger partial charge < -0.3 is 15.0 Å². The maximum Gasteiger partial charge on any atom is 0.244 e. The Kier molecular flexibility index (Phi) is 6.36. The maximum absolute atomic E-state index is 12.4. The summed E-state index contributed by atoms with van der Waals surface area (Å²) in [6, 6.07) is -0.213. The number of hydrogen-bond donors (Lipinski definition) is 1. The molecule has 2 aliphatic rings. The highest BCUT2D eigenvalue weighted by atomic mass is 32.2. The molecule has 0 saturated carbocycles. The minimum Gasteiger partial charge on any atom is -0.378 e. The SMILES string of the molecule is CCC(CC)C1CN=C(NC(C)C(=O)N2CCOCC2)S1. The van der Waals surface area contributed by atoms with Gasteiger partial charge in [-0.15, -0.1) is 0 Å². The van der Waals surface area contributed by atoms with Crippen LogP contribution in [0.4, 0.5) is 0 Å². The molecule has 21 heavy (non-hydrogen) atoms. The third kappa shape index (κ3) is 4.36. The first-order valence-corrected chi connectivity index (χ1v) is 8.87. The van der Waals surface area contributed by atoms with Gasteiger partial charge in [-0.3, -0.25) is 9.79 Å². The third-order valence-corrected chi connectivity index (χ3v) is 5.59. The van der Waals surface area contributed by atoms with E-state index in [1.807, 2.05) is 11.8 Å². The fourth-order valence-electron chi connectivity index (χ4n) is 2.83. The summed E-state index contributed by atoms with van der Waals surface area (Å²) >= 11 is 1.80. The van der Waals surface area contributed by atoms with Crippen molar-refractivity contribution in [3.05, 3.63) is 0 Å². The molecule has 0 aliphatic carbocycles. The zero-order valence-corrected chi connectivity index (χ0v) is 14.1. The topological polar surface area (TPSA) is 53.9 Å². The quantitative estimate of drug-likeness (QED) is 0.840. The summed E-state index contributed by atoms with van der Waals surface area (Å²) in [4.78, 5) is 18.8. The minimum absolute atomic E-state index is 0.146. The number of amides is 1. The van der Waals surface area contributed by atoms with Crippen LogP contribution in [0, 0.1) is 5.92 Å². The second-order valence-corrected chi connectivity index (χ2v) is 6.91. The number of morpholine rings is 1. The van der Waals surface area contributed by atoms with Crippen molar-refractivity contribution in [1.29, 1.82) is 0 Å². The number of ether oxygens (including phenoxy) is 1. The van der Waals surface area contributed by atoms with Crippen molar-refractivity contribution < 1.29 is 9.53 Å². The highest BCUT2D eigenvalue weighted by molar-refractivity contribution is 8.14. The van der Waals surface area contributed by atoms with Crippen LogP contribution in [-0.2, 0) is 9.53 Å². The molecule has 5 nitrogen and oxygen atoms in total. The molecule has 2 atom stereocenters. The van der Waals surface area contributed by atoms with Gasteiger partial charge in [0.25, 0.3) is 0 Å². The summed E-state index contributed by atoms with van der Waals surface area (Å²) in [5.41, 5.74) is 0. The van der Waals surface area contributed by atoms with Gasteiger partial charge in [-0.05, 0) is 12.8 Å².